The summed E-state index contributed by atoms with van der Waals surface area (Å²) in [7, 11) is 1.70. The van der Waals surface area contributed by atoms with Crippen molar-refractivity contribution in [3.05, 3.63) is 29.3 Å². The first-order chi connectivity index (χ1) is 15.1. The molecule has 2 amide bonds. The molecule has 4 aliphatic heterocycles. The molecule has 3 saturated heterocycles. The van der Waals surface area contributed by atoms with E-state index in [2.05, 4.69) is 24.4 Å². The summed E-state index contributed by atoms with van der Waals surface area (Å²) in [6.45, 7) is 5.39. The van der Waals surface area contributed by atoms with Crippen molar-refractivity contribution < 1.29 is 19.1 Å². The third-order valence-corrected chi connectivity index (χ3v) is 7.86. The van der Waals surface area contributed by atoms with Gasteiger partial charge < -0.3 is 24.6 Å². The van der Waals surface area contributed by atoms with Crippen LogP contribution in [-0.2, 0) is 26.3 Å². The molecular weight excluding hydrogens is 394 g/mol. The number of likely N-dealkylation sites (tertiary alicyclic amines) is 1. The van der Waals surface area contributed by atoms with Crippen LogP contribution in [0.4, 0.5) is 0 Å². The lowest BCUT2D eigenvalue weighted by atomic mass is 9.79. The van der Waals surface area contributed by atoms with Gasteiger partial charge in [0.05, 0.1) is 31.8 Å². The molecule has 1 aromatic rings. The fourth-order valence-electron chi connectivity index (χ4n) is 6.30. The molecule has 1 spiro atoms. The summed E-state index contributed by atoms with van der Waals surface area (Å²) in [5, 5.41) is 3.20. The number of hydrogen-bond acceptors (Lipinski definition) is 5. The number of hydrogen-bond donors (Lipinski definition) is 1. The minimum atomic E-state index is -0.298. The average Bonchev–Trinajstić information content (AvgIpc) is 3.19. The summed E-state index contributed by atoms with van der Waals surface area (Å²) < 4.78 is 11.8. The standard InChI is InChI=1S/C24H33N3O4/c1-3-21-19(13-17-14-25-15-22(28)27(17)21)23(29)26-9-7-24(8-10-26)20-5-4-18(30-2)12-16(20)6-11-31-24/h4-5,12,17,19,21,25H,3,6-11,13-15H2,1-2H3/t17-,19-,21-/m1/s1. The van der Waals surface area contributed by atoms with Gasteiger partial charge in [0.1, 0.15) is 5.75 Å². The van der Waals surface area contributed by atoms with Gasteiger partial charge in [0.15, 0.2) is 0 Å². The van der Waals surface area contributed by atoms with Crippen molar-refractivity contribution in [3.8, 4) is 5.75 Å². The molecule has 4 heterocycles. The predicted molar refractivity (Wildman–Crippen MR) is 116 cm³/mol. The maximum Gasteiger partial charge on any atom is 0.237 e. The second kappa shape index (κ2) is 8.10. The second-order valence-corrected chi connectivity index (χ2v) is 9.34. The second-order valence-electron chi connectivity index (χ2n) is 9.34. The summed E-state index contributed by atoms with van der Waals surface area (Å²) in [4.78, 5) is 30.0. The number of nitrogens with one attached hydrogen (secondary N) is 1. The molecule has 7 heteroatoms. The largest absolute Gasteiger partial charge is 0.497 e. The Morgan fingerprint density at radius 2 is 2.13 bits per heavy atom. The third-order valence-electron chi connectivity index (χ3n) is 7.86. The first-order valence-corrected chi connectivity index (χ1v) is 11.7. The van der Waals surface area contributed by atoms with E-state index in [0.29, 0.717) is 26.2 Å². The molecule has 0 aliphatic carbocycles. The van der Waals surface area contributed by atoms with Gasteiger partial charge in [-0.2, -0.15) is 0 Å². The van der Waals surface area contributed by atoms with Crippen molar-refractivity contribution in [1.29, 1.82) is 0 Å². The van der Waals surface area contributed by atoms with E-state index in [1.54, 1.807) is 7.11 Å². The van der Waals surface area contributed by atoms with Crippen LogP contribution in [0.5, 0.6) is 5.75 Å². The Morgan fingerprint density at radius 3 is 2.87 bits per heavy atom. The van der Waals surface area contributed by atoms with Crippen LogP contribution in [0.25, 0.3) is 0 Å². The number of carbonyl (C=O) groups is 2. The lowest BCUT2D eigenvalue weighted by Gasteiger charge is -2.45. The van der Waals surface area contributed by atoms with Gasteiger partial charge in [0.2, 0.25) is 11.8 Å². The molecule has 7 nitrogen and oxygen atoms in total. The van der Waals surface area contributed by atoms with E-state index in [9.17, 15) is 9.59 Å². The van der Waals surface area contributed by atoms with Crippen LogP contribution in [0, 0.1) is 5.92 Å². The van der Waals surface area contributed by atoms with Crippen molar-refractivity contribution in [3.63, 3.8) is 0 Å². The molecule has 0 unspecified atom stereocenters. The quantitative estimate of drug-likeness (QED) is 0.795. The third kappa shape index (κ3) is 3.42. The van der Waals surface area contributed by atoms with Gasteiger partial charge >= 0.3 is 0 Å². The zero-order chi connectivity index (χ0) is 21.6. The van der Waals surface area contributed by atoms with Gasteiger partial charge in [-0.25, -0.2) is 0 Å². The number of piperazine rings is 1. The topological polar surface area (TPSA) is 71.1 Å². The number of fused-ring (bicyclic) bond motifs is 3. The van der Waals surface area contributed by atoms with Gasteiger partial charge in [-0.1, -0.05) is 13.0 Å². The molecule has 4 aliphatic rings. The van der Waals surface area contributed by atoms with Crippen LogP contribution in [0.15, 0.2) is 18.2 Å². The molecule has 168 valence electrons. The van der Waals surface area contributed by atoms with Crippen molar-refractivity contribution in [1.82, 2.24) is 15.1 Å². The van der Waals surface area contributed by atoms with Gasteiger partial charge in [-0.05, 0) is 55.4 Å². The lowest BCUT2D eigenvalue weighted by Crippen LogP contribution is -2.55. The normalized spacial score (nSPS) is 29.6. The minimum Gasteiger partial charge on any atom is -0.497 e. The van der Waals surface area contributed by atoms with Crippen LogP contribution in [0.3, 0.4) is 0 Å². The van der Waals surface area contributed by atoms with Crippen LogP contribution >= 0.6 is 0 Å². The number of carbonyl (C=O) groups excluding carboxylic acids is 2. The van der Waals surface area contributed by atoms with E-state index >= 15 is 0 Å². The molecule has 31 heavy (non-hydrogen) atoms. The summed E-state index contributed by atoms with van der Waals surface area (Å²) in [6.07, 6.45) is 4.13. The summed E-state index contributed by atoms with van der Waals surface area (Å²) >= 11 is 0. The van der Waals surface area contributed by atoms with Crippen LogP contribution in [0.2, 0.25) is 0 Å². The zero-order valence-electron chi connectivity index (χ0n) is 18.6. The highest BCUT2D eigenvalue weighted by Crippen LogP contribution is 2.43. The van der Waals surface area contributed by atoms with Crippen LogP contribution in [0.1, 0.15) is 43.7 Å². The van der Waals surface area contributed by atoms with E-state index in [1.807, 2.05) is 15.9 Å². The first kappa shape index (κ1) is 20.8. The van der Waals surface area contributed by atoms with Gasteiger partial charge in [0, 0.05) is 31.7 Å². The molecule has 5 rings (SSSR count). The SMILES string of the molecule is CC[C@@H]1[C@H](C(=O)N2CCC3(CC2)OCCc2cc(OC)ccc23)C[C@@H]2CNCC(=O)N21. The van der Waals surface area contributed by atoms with E-state index < -0.39 is 0 Å². The highest BCUT2D eigenvalue weighted by molar-refractivity contribution is 5.85. The number of amides is 2. The van der Waals surface area contributed by atoms with Gasteiger partial charge in [0.25, 0.3) is 0 Å². The number of nitrogens with zero attached hydrogens (tertiary/aromatic N) is 2. The smallest absolute Gasteiger partial charge is 0.237 e. The highest BCUT2D eigenvalue weighted by atomic mass is 16.5. The Morgan fingerprint density at radius 1 is 1.32 bits per heavy atom. The highest BCUT2D eigenvalue weighted by Gasteiger charge is 2.49. The maximum absolute atomic E-state index is 13.5. The molecule has 0 bridgehead atoms. The molecule has 1 aromatic carbocycles. The number of ether oxygens (including phenoxy) is 2. The Kier molecular flexibility index (Phi) is 5.42. The fourth-order valence-corrected chi connectivity index (χ4v) is 6.30. The first-order valence-electron chi connectivity index (χ1n) is 11.7. The monoisotopic (exact) mass is 427 g/mol. The van der Waals surface area contributed by atoms with E-state index in [4.69, 9.17) is 9.47 Å². The van der Waals surface area contributed by atoms with E-state index in [0.717, 1.165) is 44.4 Å². The summed E-state index contributed by atoms with van der Waals surface area (Å²) in [5.41, 5.74) is 2.26. The summed E-state index contributed by atoms with van der Waals surface area (Å²) in [6, 6.07) is 6.47. The number of piperidine rings is 1. The predicted octanol–water partition coefficient (Wildman–Crippen LogP) is 1.68. The number of methoxy groups -OCH3 is 1. The van der Waals surface area contributed by atoms with E-state index in [1.165, 1.54) is 11.1 Å². The molecule has 3 fully saturated rings. The minimum absolute atomic E-state index is 0.0297. The molecular formula is C24H33N3O4. The molecule has 0 radical (unpaired) electrons. The Labute approximate surface area is 184 Å². The van der Waals surface area contributed by atoms with Crippen LogP contribution < -0.4 is 10.1 Å². The van der Waals surface area contributed by atoms with Gasteiger partial charge in [-0.15, -0.1) is 0 Å². The van der Waals surface area contributed by atoms with Crippen molar-refractivity contribution in [2.45, 2.75) is 56.7 Å². The fraction of sp³-hybridized carbons (Fsp3) is 0.667. The lowest BCUT2D eigenvalue weighted by molar-refractivity contribution is -0.146. The Bertz CT molecular complexity index is 864. The maximum atomic E-state index is 13.5. The Hall–Kier alpha value is -2.12. The van der Waals surface area contributed by atoms with Crippen LogP contribution in [-0.4, -0.2) is 73.6 Å². The molecule has 0 aromatic heterocycles. The number of rotatable bonds is 3. The van der Waals surface area contributed by atoms with Crippen molar-refractivity contribution in [2.24, 2.45) is 5.92 Å². The summed E-state index contributed by atoms with van der Waals surface area (Å²) in [5.74, 6) is 1.15. The van der Waals surface area contributed by atoms with Crippen molar-refractivity contribution in [2.75, 3.05) is 39.9 Å². The molecule has 1 N–H and O–H groups in total. The van der Waals surface area contributed by atoms with E-state index in [-0.39, 0.29) is 35.4 Å². The average molecular weight is 428 g/mol. The zero-order valence-corrected chi connectivity index (χ0v) is 18.6. The number of benzene rings is 1. The molecule has 3 atom stereocenters. The van der Waals surface area contributed by atoms with Gasteiger partial charge in [-0.3, -0.25) is 9.59 Å². The Balaban J connectivity index is 1.30. The van der Waals surface area contributed by atoms with Crippen molar-refractivity contribution >= 4 is 11.8 Å². The molecule has 0 saturated carbocycles.